The summed E-state index contributed by atoms with van der Waals surface area (Å²) in [5.74, 6) is -1.77. The van der Waals surface area contributed by atoms with Crippen LogP contribution in [-0.2, 0) is 19.1 Å². The highest BCUT2D eigenvalue weighted by molar-refractivity contribution is 6.04. The first-order valence-corrected chi connectivity index (χ1v) is 6.40. The number of anilines is 1. The quantitative estimate of drug-likeness (QED) is 0.848. The van der Waals surface area contributed by atoms with Gasteiger partial charge in [0.2, 0.25) is 5.91 Å². The number of benzene rings is 1. The van der Waals surface area contributed by atoms with Crippen LogP contribution in [0.15, 0.2) is 30.3 Å². The molecule has 0 radical (unpaired) electrons. The molecule has 0 fully saturated rings. The average Bonchev–Trinajstić information content (AvgIpc) is 2.59. The van der Waals surface area contributed by atoms with Gasteiger partial charge in [0, 0.05) is 12.0 Å². The van der Waals surface area contributed by atoms with Crippen LogP contribution < -0.4 is 4.90 Å². The molecular formula is C15H15NO5. The summed E-state index contributed by atoms with van der Waals surface area (Å²) < 4.78 is 4.60. The maximum absolute atomic E-state index is 12.2. The van der Waals surface area contributed by atoms with Crippen LogP contribution in [0, 0.1) is 0 Å². The molecule has 110 valence electrons. The Morgan fingerprint density at radius 3 is 2.71 bits per heavy atom. The lowest BCUT2D eigenvalue weighted by atomic mass is 10.0. The van der Waals surface area contributed by atoms with Gasteiger partial charge in [-0.05, 0) is 11.6 Å². The number of aliphatic carboxylic acids is 1. The highest BCUT2D eigenvalue weighted by atomic mass is 16.5. The van der Waals surface area contributed by atoms with E-state index in [-0.39, 0.29) is 25.3 Å². The minimum Gasteiger partial charge on any atom is -0.481 e. The number of esters is 1. The number of hydrogen-bond acceptors (Lipinski definition) is 4. The van der Waals surface area contributed by atoms with Gasteiger partial charge in [-0.1, -0.05) is 24.3 Å². The molecule has 0 saturated carbocycles. The van der Waals surface area contributed by atoms with Crippen molar-refractivity contribution in [3.05, 3.63) is 35.9 Å². The third-order valence-electron chi connectivity index (χ3n) is 3.22. The van der Waals surface area contributed by atoms with Crippen molar-refractivity contribution in [2.45, 2.75) is 12.8 Å². The lowest BCUT2D eigenvalue weighted by Crippen LogP contribution is -2.35. The number of carboxylic acid groups (broad SMARTS) is 1. The lowest BCUT2D eigenvalue weighted by Gasteiger charge is -2.22. The fraction of sp³-hybridized carbons (Fsp3) is 0.267. The fourth-order valence-corrected chi connectivity index (χ4v) is 2.24. The van der Waals surface area contributed by atoms with E-state index in [4.69, 9.17) is 5.11 Å². The van der Waals surface area contributed by atoms with E-state index in [1.165, 1.54) is 12.0 Å². The Labute approximate surface area is 121 Å². The lowest BCUT2D eigenvalue weighted by molar-refractivity contribution is -0.140. The number of carbonyl (C=O) groups is 3. The van der Waals surface area contributed by atoms with Crippen molar-refractivity contribution >= 4 is 29.1 Å². The summed E-state index contributed by atoms with van der Waals surface area (Å²) in [6.45, 7) is -0.194. The highest BCUT2D eigenvalue weighted by Gasteiger charge is 2.25. The SMILES string of the molecule is COC(=O)CN1C(=O)CC=C(CC(=O)O)c2ccccc21. The van der Waals surface area contributed by atoms with Crippen LogP contribution in [-0.4, -0.2) is 36.6 Å². The van der Waals surface area contributed by atoms with Gasteiger partial charge in [0.25, 0.3) is 0 Å². The van der Waals surface area contributed by atoms with Gasteiger partial charge in [0.05, 0.1) is 19.2 Å². The topological polar surface area (TPSA) is 83.9 Å². The van der Waals surface area contributed by atoms with Gasteiger partial charge in [-0.25, -0.2) is 0 Å². The van der Waals surface area contributed by atoms with Crippen molar-refractivity contribution in [3.63, 3.8) is 0 Å². The van der Waals surface area contributed by atoms with E-state index in [2.05, 4.69) is 4.74 Å². The van der Waals surface area contributed by atoms with E-state index < -0.39 is 11.9 Å². The molecule has 21 heavy (non-hydrogen) atoms. The molecule has 0 spiro atoms. The third kappa shape index (κ3) is 3.28. The number of carbonyl (C=O) groups excluding carboxylic acids is 2. The molecule has 2 rings (SSSR count). The van der Waals surface area contributed by atoms with Gasteiger partial charge in [-0.15, -0.1) is 0 Å². The zero-order chi connectivity index (χ0) is 15.4. The summed E-state index contributed by atoms with van der Waals surface area (Å²) in [6.07, 6.45) is 1.48. The summed E-state index contributed by atoms with van der Waals surface area (Å²) in [5.41, 5.74) is 1.74. The number of carboxylic acids is 1. The second kappa shape index (κ2) is 6.21. The smallest absolute Gasteiger partial charge is 0.325 e. The molecule has 0 atom stereocenters. The Hall–Kier alpha value is -2.63. The molecule has 0 unspecified atom stereocenters. The normalized spacial score (nSPS) is 14.0. The number of ether oxygens (including phenoxy) is 1. The summed E-state index contributed by atoms with van der Waals surface area (Å²) in [7, 11) is 1.25. The summed E-state index contributed by atoms with van der Waals surface area (Å²) >= 11 is 0. The summed E-state index contributed by atoms with van der Waals surface area (Å²) in [5, 5.41) is 8.98. The minimum atomic E-state index is -0.968. The molecule has 1 aromatic carbocycles. The van der Waals surface area contributed by atoms with Gasteiger partial charge < -0.3 is 14.7 Å². The Kier molecular flexibility index (Phi) is 4.37. The predicted molar refractivity (Wildman–Crippen MR) is 75.7 cm³/mol. The van der Waals surface area contributed by atoms with Crippen LogP contribution in [0.3, 0.4) is 0 Å². The molecule has 0 aliphatic carbocycles. The number of methoxy groups -OCH3 is 1. The molecule has 6 nitrogen and oxygen atoms in total. The van der Waals surface area contributed by atoms with Crippen LogP contribution >= 0.6 is 0 Å². The van der Waals surface area contributed by atoms with Crippen LogP contribution in [0.5, 0.6) is 0 Å². The number of amides is 1. The van der Waals surface area contributed by atoms with Crippen molar-refractivity contribution in [2.24, 2.45) is 0 Å². The maximum atomic E-state index is 12.2. The first-order chi connectivity index (χ1) is 10.0. The van der Waals surface area contributed by atoms with Gasteiger partial charge in [-0.2, -0.15) is 0 Å². The Balaban J connectivity index is 2.45. The minimum absolute atomic E-state index is 0.0499. The number of rotatable bonds is 4. The van der Waals surface area contributed by atoms with Crippen molar-refractivity contribution in [1.29, 1.82) is 0 Å². The number of fused-ring (bicyclic) bond motifs is 1. The first-order valence-electron chi connectivity index (χ1n) is 6.40. The molecule has 1 amide bonds. The van der Waals surface area contributed by atoms with Crippen molar-refractivity contribution in [1.82, 2.24) is 0 Å². The molecule has 1 aliphatic rings. The number of hydrogen-bond donors (Lipinski definition) is 1. The van der Waals surface area contributed by atoms with E-state index in [0.29, 0.717) is 16.8 Å². The maximum Gasteiger partial charge on any atom is 0.325 e. The van der Waals surface area contributed by atoms with Crippen molar-refractivity contribution in [3.8, 4) is 0 Å². The molecular weight excluding hydrogens is 274 g/mol. The van der Waals surface area contributed by atoms with Crippen LogP contribution in [0.25, 0.3) is 5.57 Å². The first kappa shape index (κ1) is 14.8. The van der Waals surface area contributed by atoms with Crippen LogP contribution in [0.4, 0.5) is 5.69 Å². The fourth-order valence-electron chi connectivity index (χ4n) is 2.24. The molecule has 1 heterocycles. The Morgan fingerprint density at radius 1 is 1.33 bits per heavy atom. The Morgan fingerprint density at radius 2 is 2.05 bits per heavy atom. The average molecular weight is 289 g/mol. The number of para-hydroxylation sites is 1. The summed E-state index contributed by atoms with van der Waals surface area (Å²) in [4.78, 5) is 36.0. The van der Waals surface area contributed by atoms with E-state index in [9.17, 15) is 14.4 Å². The van der Waals surface area contributed by atoms with Crippen molar-refractivity contribution < 1.29 is 24.2 Å². The van der Waals surface area contributed by atoms with E-state index in [1.54, 1.807) is 30.3 Å². The number of nitrogens with zero attached hydrogens (tertiary/aromatic N) is 1. The largest absolute Gasteiger partial charge is 0.481 e. The van der Waals surface area contributed by atoms with E-state index in [0.717, 1.165) is 0 Å². The van der Waals surface area contributed by atoms with Gasteiger partial charge in [0.1, 0.15) is 6.54 Å². The standard InChI is InChI=1S/C15H15NO5/c1-21-15(20)9-16-12-5-3-2-4-11(12)10(8-14(18)19)6-7-13(16)17/h2-6H,7-9H2,1H3,(H,18,19). The monoisotopic (exact) mass is 289 g/mol. The Bertz CT molecular complexity index is 620. The highest BCUT2D eigenvalue weighted by Crippen LogP contribution is 2.32. The van der Waals surface area contributed by atoms with Gasteiger partial charge >= 0.3 is 11.9 Å². The zero-order valence-corrected chi connectivity index (χ0v) is 11.5. The van der Waals surface area contributed by atoms with Crippen molar-refractivity contribution in [2.75, 3.05) is 18.6 Å². The predicted octanol–water partition coefficient (Wildman–Crippen LogP) is 1.45. The molecule has 0 aromatic heterocycles. The molecule has 1 aliphatic heterocycles. The van der Waals surface area contributed by atoms with E-state index >= 15 is 0 Å². The molecule has 1 aromatic rings. The third-order valence-corrected chi connectivity index (χ3v) is 3.22. The zero-order valence-electron chi connectivity index (χ0n) is 11.5. The van der Waals surface area contributed by atoms with Gasteiger partial charge in [-0.3, -0.25) is 14.4 Å². The van der Waals surface area contributed by atoms with Crippen LogP contribution in [0.2, 0.25) is 0 Å². The van der Waals surface area contributed by atoms with Gasteiger partial charge in [0.15, 0.2) is 0 Å². The second-order valence-corrected chi connectivity index (χ2v) is 4.58. The van der Waals surface area contributed by atoms with Crippen LogP contribution in [0.1, 0.15) is 18.4 Å². The molecule has 1 N–H and O–H groups in total. The molecule has 0 bridgehead atoms. The summed E-state index contributed by atoms with van der Waals surface area (Å²) in [6, 6.07) is 6.94. The second-order valence-electron chi connectivity index (χ2n) is 4.58. The molecule has 0 saturated heterocycles. The van der Waals surface area contributed by atoms with E-state index in [1.807, 2.05) is 0 Å². The molecule has 6 heteroatoms.